The van der Waals surface area contributed by atoms with Crippen LogP contribution in [0.1, 0.15) is 117 Å². The topological polar surface area (TPSA) is 102 Å². The van der Waals surface area contributed by atoms with Crippen LogP contribution < -0.4 is 5.11 Å². The van der Waals surface area contributed by atoms with E-state index in [-0.39, 0.29) is 49.1 Å². The number of hydrogen-bond acceptors (Lipinski definition) is 7. The number of aliphatic carboxylic acids is 1. The smallest absolute Gasteiger partial charge is 0.306 e. The van der Waals surface area contributed by atoms with Crippen molar-refractivity contribution in [2.75, 3.05) is 41.0 Å². The summed E-state index contributed by atoms with van der Waals surface area (Å²) >= 11 is 0. The first kappa shape index (κ1) is 47.5. The van der Waals surface area contributed by atoms with E-state index in [2.05, 4.69) is 44.2 Å². The largest absolute Gasteiger partial charge is 0.544 e. The lowest BCUT2D eigenvalue weighted by molar-refractivity contribution is -0.889. The van der Waals surface area contributed by atoms with E-state index in [9.17, 15) is 19.5 Å². The number of nitrogens with zero attached hydrogens (tertiary/aromatic N) is 1. The van der Waals surface area contributed by atoms with Crippen LogP contribution >= 0.6 is 0 Å². The molecule has 0 aromatic rings. The third kappa shape index (κ3) is 32.2. The Labute approximate surface area is 310 Å². The fraction of sp³-hybridized carbons (Fsp3) is 0.605. The number of carboxylic acid groups (broad SMARTS) is 1. The zero-order valence-corrected chi connectivity index (χ0v) is 32.5. The Bertz CT molecular complexity index is 1110. The number of esters is 2. The van der Waals surface area contributed by atoms with Crippen molar-refractivity contribution in [1.29, 1.82) is 0 Å². The highest BCUT2D eigenvalue weighted by Crippen LogP contribution is 2.12. The van der Waals surface area contributed by atoms with Gasteiger partial charge in [0.1, 0.15) is 12.6 Å². The van der Waals surface area contributed by atoms with Gasteiger partial charge in [-0.25, -0.2) is 0 Å². The van der Waals surface area contributed by atoms with E-state index < -0.39 is 18.1 Å². The predicted octanol–water partition coefficient (Wildman–Crippen LogP) is 8.46. The molecule has 51 heavy (non-hydrogen) atoms. The number of carbonyl (C=O) groups is 3. The first-order valence-corrected chi connectivity index (χ1v) is 19.2. The molecule has 0 aliphatic carbocycles. The molecule has 288 valence electrons. The molecular formula is C43H69NO7. The molecule has 0 saturated heterocycles. The molecule has 0 aromatic heterocycles. The van der Waals surface area contributed by atoms with Gasteiger partial charge in [-0.15, -0.1) is 0 Å². The fourth-order valence-electron chi connectivity index (χ4n) is 4.96. The first-order valence-electron chi connectivity index (χ1n) is 19.2. The van der Waals surface area contributed by atoms with Gasteiger partial charge in [0.15, 0.2) is 6.10 Å². The molecule has 0 saturated carbocycles. The fourth-order valence-corrected chi connectivity index (χ4v) is 4.96. The van der Waals surface area contributed by atoms with Crippen LogP contribution in [0.3, 0.4) is 0 Å². The van der Waals surface area contributed by atoms with Crippen molar-refractivity contribution in [3.05, 3.63) is 85.1 Å². The lowest BCUT2D eigenvalue weighted by Gasteiger charge is -2.34. The Morgan fingerprint density at radius 1 is 0.608 bits per heavy atom. The molecule has 0 fully saturated rings. The van der Waals surface area contributed by atoms with Crippen molar-refractivity contribution in [3.8, 4) is 0 Å². The van der Waals surface area contributed by atoms with E-state index in [4.69, 9.17) is 14.2 Å². The lowest BCUT2D eigenvalue weighted by atomic mass is 10.1. The standard InChI is InChI=1S/C43H69NO7/c1-6-8-10-12-14-16-18-20-22-24-26-28-30-32-34-42(46)51-39(37-49-36-35-40(43(47)48)44(3,4)5)38-50-41(45)33-31-29-27-25-23-21-19-17-15-13-11-9-7-2/h8-11,13-17,19,21,23,25,27,39-40H,6-7,12,18,20,22,24,26,28-38H2,1-5H3/b10-8+,11-9+,15-13+,16-14+,19-17+,23-21+,27-25+. The molecule has 2 atom stereocenters. The van der Waals surface area contributed by atoms with Crippen molar-refractivity contribution < 1.29 is 38.2 Å². The van der Waals surface area contributed by atoms with Gasteiger partial charge in [-0.05, 0) is 51.4 Å². The van der Waals surface area contributed by atoms with Gasteiger partial charge in [0.05, 0.1) is 40.3 Å². The number of ether oxygens (including phenoxy) is 3. The highest BCUT2D eigenvalue weighted by Gasteiger charge is 2.25. The zero-order chi connectivity index (χ0) is 37.8. The van der Waals surface area contributed by atoms with Crippen LogP contribution in [-0.4, -0.2) is 75.5 Å². The number of likely N-dealkylation sites (N-methyl/N-ethyl adjacent to an activating group) is 1. The normalized spacial score (nSPS) is 14.0. The monoisotopic (exact) mass is 712 g/mol. The maximum Gasteiger partial charge on any atom is 0.306 e. The third-order valence-corrected chi connectivity index (χ3v) is 7.91. The Morgan fingerprint density at radius 2 is 1.16 bits per heavy atom. The van der Waals surface area contributed by atoms with Crippen molar-refractivity contribution >= 4 is 17.9 Å². The van der Waals surface area contributed by atoms with Gasteiger partial charge in [-0.2, -0.15) is 0 Å². The maximum atomic E-state index is 12.6. The van der Waals surface area contributed by atoms with Crippen molar-refractivity contribution in [2.24, 2.45) is 0 Å². The number of carboxylic acids is 1. The second-order valence-electron chi connectivity index (χ2n) is 13.5. The Hall–Kier alpha value is -3.49. The minimum Gasteiger partial charge on any atom is -0.544 e. The van der Waals surface area contributed by atoms with Crippen LogP contribution in [0, 0.1) is 0 Å². The minimum atomic E-state index is -1.14. The highest BCUT2D eigenvalue weighted by atomic mass is 16.6. The summed E-state index contributed by atoms with van der Waals surface area (Å²) in [6, 6.07) is -0.741. The van der Waals surface area contributed by atoms with Crippen LogP contribution in [0.2, 0.25) is 0 Å². The molecule has 0 aromatic carbocycles. The summed E-state index contributed by atoms with van der Waals surface area (Å²) < 4.78 is 17.0. The molecule has 0 amide bonds. The van der Waals surface area contributed by atoms with Gasteiger partial charge in [0.2, 0.25) is 0 Å². The van der Waals surface area contributed by atoms with E-state index in [1.807, 2.05) is 54.7 Å². The van der Waals surface area contributed by atoms with E-state index in [1.165, 1.54) is 19.3 Å². The second-order valence-corrected chi connectivity index (χ2v) is 13.5. The average molecular weight is 712 g/mol. The molecule has 8 nitrogen and oxygen atoms in total. The van der Waals surface area contributed by atoms with Crippen LogP contribution in [0.25, 0.3) is 0 Å². The summed E-state index contributed by atoms with van der Waals surface area (Å²) in [5.74, 6) is -1.86. The number of rotatable bonds is 32. The van der Waals surface area contributed by atoms with Gasteiger partial charge >= 0.3 is 11.9 Å². The van der Waals surface area contributed by atoms with Crippen LogP contribution in [-0.2, 0) is 28.6 Å². The molecule has 0 aliphatic rings. The third-order valence-electron chi connectivity index (χ3n) is 7.91. The summed E-state index contributed by atoms with van der Waals surface area (Å²) in [5.41, 5.74) is 0. The van der Waals surface area contributed by atoms with Gasteiger partial charge in [0.25, 0.3) is 0 Å². The Kier molecular flexibility index (Phi) is 31.3. The van der Waals surface area contributed by atoms with Crippen molar-refractivity contribution in [1.82, 2.24) is 0 Å². The molecule has 0 rings (SSSR count). The van der Waals surface area contributed by atoms with E-state index >= 15 is 0 Å². The average Bonchev–Trinajstić information content (AvgIpc) is 3.08. The Morgan fingerprint density at radius 3 is 1.78 bits per heavy atom. The molecule has 2 unspecified atom stereocenters. The number of quaternary nitrogens is 1. The van der Waals surface area contributed by atoms with Gasteiger partial charge < -0.3 is 28.6 Å². The Balaban J connectivity index is 4.57. The first-order chi connectivity index (χ1) is 24.6. The quantitative estimate of drug-likeness (QED) is 0.0227. The summed E-state index contributed by atoms with van der Waals surface area (Å²) in [6.07, 6.45) is 41.9. The van der Waals surface area contributed by atoms with Crippen molar-refractivity contribution in [2.45, 2.75) is 129 Å². The molecule has 0 spiro atoms. The minimum absolute atomic E-state index is 0.00924. The van der Waals surface area contributed by atoms with Gasteiger partial charge in [0, 0.05) is 19.3 Å². The van der Waals surface area contributed by atoms with Gasteiger partial charge in [-0.3, -0.25) is 9.59 Å². The zero-order valence-electron chi connectivity index (χ0n) is 32.5. The summed E-state index contributed by atoms with van der Waals surface area (Å²) in [4.78, 5) is 36.6. The molecule has 0 aliphatic heterocycles. The number of unbranched alkanes of at least 4 members (excludes halogenated alkanes) is 8. The molecule has 0 N–H and O–H groups in total. The lowest BCUT2D eigenvalue weighted by Crippen LogP contribution is -2.55. The van der Waals surface area contributed by atoms with Crippen molar-refractivity contribution in [3.63, 3.8) is 0 Å². The number of allylic oxidation sites excluding steroid dienone is 14. The number of hydrogen-bond donors (Lipinski definition) is 0. The van der Waals surface area contributed by atoms with Crippen LogP contribution in [0.4, 0.5) is 0 Å². The number of carbonyl (C=O) groups excluding carboxylic acids is 3. The van der Waals surface area contributed by atoms with E-state index in [0.29, 0.717) is 12.8 Å². The second kappa shape index (κ2) is 33.6. The maximum absolute atomic E-state index is 12.6. The molecule has 8 heteroatoms. The molecular weight excluding hydrogens is 642 g/mol. The molecule has 0 heterocycles. The summed E-state index contributed by atoms with van der Waals surface area (Å²) in [5, 5.41) is 11.6. The molecule has 0 radical (unpaired) electrons. The van der Waals surface area contributed by atoms with Crippen LogP contribution in [0.15, 0.2) is 85.1 Å². The highest BCUT2D eigenvalue weighted by molar-refractivity contribution is 5.70. The predicted molar refractivity (Wildman–Crippen MR) is 208 cm³/mol. The van der Waals surface area contributed by atoms with Gasteiger partial charge in [-0.1, -0.05) is 131 Å². The van der Waals surface area contributed by atoms with E-state index in [0.717, 1.165) is 57.8 Å². The summed E-state index contributed by atoms with van der Waals surface area (Å²) in [7, 11) is 5.36. The SMILES string of the molecule is CC/C=C/C=C/C=C/C=C/C=C/CCCC(=O)OCC(COCCC(C(=O)[O-])[N+](C)(C)C)OC(=O)CCCCCCCCC/C=C/C/C=C/CC. The van der Waals surface area contributed by atoms with E-state index in [1.54, 1.807) is 21.1 Å². The van der Waals surface area contributed by atoms with Crippen LogP contribution in [0.5, 0.6) is 0 Å². The summed E-state index contributed by atoms with van der Waals surface area (Å²) in [6.45, 7) is 4.29. The molecule has 0 bridgehead atoms.